The van der Waals surface area contributed by atoms with Gasteiger partial charge in [-0.3, -0.25) is 4.79 Å². The van der Waals surface area contributed by atoms with Gasteiger partial charge in [0.25, 0.3) is 0 Å². The number of rotatable bonds is 5. The van der Waals surface area contributed by atoms with Gasteiger partial charge < -0.3 is 15.7 Å². The number of amides is 2. The second kappa shape index (κ2) is 7.26. The Kier molecular flexibility index (Phi) is 5.14. The summed E-state index contributed by atoms with van der Waals surface area (Å²) < 4.78 is 0. The van der Waals surface area contributed by atoms with E-state index >= 15 is 0 Å². The molecule has 0 spiro atoms. The number of carbonyl (C=O) groups excluding carboxylic acids is 1. The highest BCUT2D eigenvalue weighted by molar-refractivity contribution is 5.89. The Labute approximate surface area is 129 Å². The van der Waals surface area contributed by atoms with Crippen molar-refractivity contribution in [1.29, 1.82) is 0 Å². The molecule has 22 heavy (non-hydrogen) atoms. The number of hydrogen-bond acceptors (Lipinski definition) is 2. The van der Waals surface area contributed by atoms with Gasteiger partial charge in [-0.25, -0.2) is 4.79 Å². The van der Waals surface area contributed by atoms with E-state index in [0.717, 1.165) is 5.56 Å². The zero-order valence-corrected chi connectivity index (χ0v) is 12.3. The van der Waals surface area contributed by atoms with Gasteiger partial charge >= 0.3 is 12.0 Å². The topological polar surface area (TPSA) is 78.4 Å². The Morgan fingerprint density at radius 3 is 2.14 bits per heavy atom. The summed E-state index contributed by atoms with van der Waals surface area (Å²) >= 11 is 0. The molecule has 0 aromatic heterocycles. The Hall–Kier alpha value is -2.82. The van der Waals surface area contributed by atoms with E-state index in [9.17, 15) is 9.59 Å². The van der Waals surface area contributed by atoms with Crippen LogP contribution >= 0.6 is 0 Å². The summed E-state index contributed by atoms with van der Waals surface area (Å²) in [5.74, 6) is -0.878. The predicted molar refractivity (Wildman–Crippen MR) is 84.8 cm³/mol. The lowest BCUT2D eigenvalue weighted by molar-refractivity contribution is -0.136. The van der Waals surface area contributed by atoms with Crippen LogP contribution in [-0.2, 0) is 17.8 Å². The van der Waals surface area contributed by atoms with Crippen LogP contribution in [0.25, 0.3) is 0 Å². The highest BCUT2D eigenvalue weighted by Crippen LogP contribution is 2.10. The average Bonchev–Trinajstić information content (AvgIpc) is 2.48. The molecule has 0 unspecified atom stereocenters. The van der Waals surface area contributed by atoms with Crippen LogP contribution in [0.15, 0.2) is 48.5 Å². The quantitative estimate of drug-likeness (QED) is 0.794. The highest BCUT2D eigenvalue weighted by atomic mass is 16.4. The fourth-order valence-electron chi connectivity index (χ4n) is 1.94. The molecule has 0 saturated carbocycles. The lowest BCUT2D eigenvalue weighted by Gasteiger charge is -2.08. The largest absolute Gasteiger partial charge is 0.481 e. The van der Waals surface area contributed by atoms with Crippen LogP contribution in [0.3, 0.4) is 0 Å². The smallest absolute Gasteiger partial charge is 0.319 e. The normalized spacial score (nSPS) is 10.0. The zero-order chi connectivity index (χ0) is 15.9. The minimum absolute atomic E-state index is 0.0279. The molecule has 0 atom stereocenters. The molecule has 114 valence electrons. The Balaban J connectivity index is 1.83. The molecule has 0 aliphatic heterocycles. The molecule has 0 radical (unpaired) electrons. The molecule has 5 heteroatoms. The first-order chi connectivity index (χ1) is 10.5. The van der Waals surface area contributed by atoms with E-state index in [2.05, 4.69) is 10.6 Å². The van der Waals surface area contributed by atoms with E-state index in [1.807, 2.05) is 31.2 Å². The first-order valence-electron chi connectivity index (χ1n) is 6.94. The van der Waals surface area contributed by atoms with Gasteiger partial charge in [0.1, 0.15) is 0 Å². The summed E-state index contributed by atoms with van der Waals surface area (Å²) in [5.41, 5.74) is 3.51. The van der Waals surface area contributed by atoms with Crippen LogP contribution in [0.1, 0.15) is 16.7 Å². The molecule has 5 nitrogen and oxygen atoms in total. The molecule has 0 fully saturated rings. The van der Waals surface area contributed by atoms with E-state index < -0.39 is 5.97 Å². The van der Waals surface area contributed by atoms with Crippen LogP contribution in [0, 0.1) is 6.92 Å². The number of nitrogens with one attached hydrogen (secondary N) is 2. The molecule has 3 N–H and O–H groups in total. The van der Waals surface area contributed by atoms with Gasteiger partial charge in [-0.1, -0.05) is 42.0 Å². The molecule has 2 aromatic rings. The molecular weight excluding hydrogens is 280 g/mol. The SMILES string of the molecule is Cc1ccc(CNC(=O)Nc2ccc(CC(=O)O)cc2)cc1. The summed E-state index contributed by atoms with van der Waals surface area (Å²) in [6.07, 6.45) is -0.0279. The molecule has 0 aliphatic carbocycles. The second-order valence-corrected chi connectivity index (χ2v) is 5.06. The van der Waals surface area contributed by atoms with Crippen molar-refractivity contribution in [2.24, 2.45) is 0 Å². The summed E-state index contributed by atoms with van der Waals surface area (Å²) in [7, 11) is 0. The number of carboxylic acids is 1. The van der Waals surface area contributed by atoms with Gasteiger partial charge in [0, 0.05) is 12.2 Å². The van der Waals surface area contributed by atoms with Gasteiger partial charge in [0.15, 0.2) is 0 Å². The predicted octanol–water partition coefficient (Wildman–Crippen LogP) is 2.94. The maximum absolute atomic E-state index is 11.8. The van der Waals surface area contributed by atoms with Gasteiger partial charge in [0.2, 0.25) is 0 Å². The lowest BCUT2D eigenvalue weighted by Crippen LogP contribution is -2.28. The van der Waals surface area contributed by atoms with Gasteiger partial charge in [-0.05, 0) is 30.2 Å². The summed E-state index contributed by atoms with van der Waals surface area (Å²) in [5, 5.41) is 14.2. The molecule has 2 amide bonds. The number of urea groups is 1. The number of carboxylic acid groups (broad SMARTS) is 1. The third-order valence-corrected chi connectivity index (χ3v) is 3.14. The number of aryl methyl sites for hydroxylation is 1. The molecule has 0 aliphatic rings. The van der Waals surface area contributed by atoms with Crippen molar-refractivity contribution in [1.82, 2.24) is 5.32 Å². The van der Waals surface area contributed by atoms with Gasteiger partial charge in [-0.15, -0.1) is 0 Å². The third kappa shape index (κ3) is 4.94. The molecule has 0 bridgehead atoms. The van der Waals surface area contributed by atoms with Crippen LogP contribution in [0.5, 0.6) is 0 Å². The standard InChI is InChI=1S/C17H18N2O3/c1-12-2-4-14(5-3-12)11-18-17(22)19-15-8-6-13(7-9-15)10-16(20)21/h2-9H,10-11H2,1H3,(H,20,21)(H2,18,19,22). The van der Waals surface area contributed by atoms with Crippen LogP contribution < -0.4 is 10.6 Å². The Morgan fingerprint density at radius 1 is 0.955 bits per heavy atom. The zero-order valence-electron chi connectivity index (χ0n) is 12.3. The number of benzene rings is 2. The van der Waals surface area contributed by atoms with Crippen LogP contribution in [-0.4, -0.2) is 17.1 Å². The van der Waals surface area contributed by atoms with E-state index in [4.69, 9.17) is 5.11 Å². The van der Waals surface area contributed by atoms with Crippen LogP contribution in [0.4, 0.5) is 10.5 Å². The van der Waals surface area contributed by atoms with Crippen molar-refractivity contribution in [2.45, 2.75) is 19.9 Å². The van der Waals surface area contributed by atoms with E-state index in [-0.39, 0.29) is 12.5 Å². The lowest BCUT2D eigenvalue weighted by atomic mass is 10.1. The Bertz CT molecular complexity index is 649. The van der Waals surface area contributed by atoms with E-state index in [1.165, 1.54) is 5.56 Å². The van der Waals surface area contributed by atoms with Gasteiger partial charge in [-0.2, -0.15) is 0 Å². The minimum Gasteiger partial charge on any atom is -0.481 e. The van der Waals surface area contributed by atoms with Gasteiger partial charge in [0.05, 0.1) is 6.42 Å². The Morgan fingerprint density at radius 2 is 1.55 bits per heavy atom. The highest BCUT2D eigenvalue weighted by Gasteiger charge is 2.03. The van der Waals surface area contributed by atoms with Crippen molar-refractivity contribution in [2.75, 3.05) is 5.32 Å². The van der Waals surface area contributed by atoms with Crippen molar-refractivity contribution >= 4 is 17.7 Å². The van der Waals surface area contributed by atoms with Crippen molar-refractivity contribution in [3.8, 4) is 0 Å². The van der Waals surface area contributed by atoms with Crippen molar-refractivity contribution < 1.29 is 14.7 Å². The number of aliphatic carboxylic acids is 1. The summed E-state index contributed by atoms with van der Waals surface area (Å²) in [6.45, 7) is 2.46. The first kappa shape index (κ1) is 15.6. The molecule has 0 heterocycles. The first-order valence-corrected chi connectivity index (χ1v) is 6.94. The van der Waals surface area contributed by atoms with Crippen molar-refractivity contribution in [3.05, 3.63) is 65.2 Å². The van der Waals surface area contributed by atoms with E-state index in [1.54, 1.807) is 24.3 Å². The minimum atomic E-state index is -0.878. The second-order valence-electron chi connectivity index (χ2n) is 5.06. The van der Waals surface area contributed by atoms with Crippen molar-refractivity contribution in [3.63, 3.8) is 0 Å². The van der Waals surface area contributed by atoms with Crippen LogP contribution in [0.2, 0.25) is 0 Å². The number of anilines is 1. The molecule has 0 saturated heterocycles. The molecule has 2 rings (SSSR count). The molecule has 2 aromatic carbocycles. The number of hydrogen-bond donors (Lipinski definition) is 3. The average molecular weight is 298 g/mol. The van der Waals surface area contributed by atoms with E-state index in [0.29, 0.717) is 17.8 Å². The molecular formula is C17H18N2O3. The fraction of sp³-hybridized carbons (Fsp3) is 0.176. The number of carbonyl (C=O) groups is 2. The maximum atomic E-state index is 11.8. The fourth-order valence-corrected chi connectivity index (χ4v) is 1.94. The summed E-state index contributed by atoms with van der Waals surface area (Å²) in [4.78, 5) is 22.4. The summed E-state index contributed by atoms with van der Waals surface area (Å²) in [6, 6.07) is 14.4. The third-order valence-electron chi connectivity index (χ3n) is 3.14. The monoisotopic (exact) mass is 298 g/mol. The maximum Gasteiger partial charge on any atom is 0.319 e.